The predicted octanol–water partition coefficient (Wildman–Crippen LogP) is 9.09. The van der Waals surface area contributed by atoms with Gasteiger partial charge in [-0.15, -0.1) is 0 Å². The van der Waals surface area contributed by atoms with Crippen LogP contribution in [-0.2, 0) is 6.18 Å². The second-order valence-corrected chi connectivity index (χ2v) is 8.82. The highest BCUT2D eigenvalue weighted by molar-refractivity contribution is 5.95. The highest BCUT2D eigenvalue weighted by Gasteiger charge is 2.31. The van der Waals surface area contributed by atoms with E-state index in [0.29, 0.717) is 28.3 Å². The third-order valence-corrected chi connectivity index (χ3v) is 6.29. The fourth-order valence-corrected chi connectivity index (χ4v) is 4.36. The van der Waals surface area contributed by atoms with Gasteiger partial charge in [0.05, 0.1) is 24.1 Å². The van der Waals surface area contributed by atoms with Gasteiger partial charge < -0.3 is 4.74 Å². The zero-order valence-electron chi connectivity index (χ0n) is 20.4. The summed E-state index contributed by atoms with van der Waals surface area (Å²) in [6.07, 6.45) is -4.45. The molecule has 0 atom stereocenters. The number of aromatic nitrogens is 1. The molecule has 37 heavy (non-hydrogen) atoms. The molecule has 184 valence electrons. The van der Waals surface area contributed by atoms with Crippen molar-refractivity contribution >= 4 is 0 Å². The van der Waals surface area contributed by atoms with Crippen molar-refractivity contribution in [3.05, 3.63) is 120 Å². The molecule has 0 fully saturated rings. The number of ether oxygens (including phenoxy) is 1. The predicted molar refractivity (Wildman–Crippen MR) is 142 cm³/mol. The van der Waals surface area contributed by atoms with Gasteiger partial charge in [-0.1, -0.05) is 72.3 Å². The fourth-order valence-electron chi connectivity index (χ4n) is 4.36. The number of hydrogen-bond acceptors (Lipinski definition) is 2. The summed E-state index contributed by atoms with van der Waals surface area (Å²) in [7, 11) is 1.60. The van der Waals surface area contributed by atoms with Crippen LogP contribution in [0.25, 0.3) is 44.8 Å². The normalized spacial score (nSPS) is 11.4. The Morgan fingerprint density at radius 3 is 1.95 bits per heavy atom. The van der Waals surface area contributed by atoms with Crippen molar-refractivity contribution in [3.63, 3.8) is 0 Å². The van der Waals surface area contributed by atoms with E-state index < -0.39 is 11.7 Å². The molecule has 0 aliphatic heterocycles. The molecule has 0 radical (unpaired) electrons. The molecule has 0 spiro atoms. The lowest BCUT2D eigenvalue weighted by molar-refractivity contribution is -0.137. The Morgan fingerprint density at radius 1 is 0.649 bits per heavy atom. The van der Waals surface area contributed by atoms with Crippen molar-refractivity contribution in [2.75, 3.05) is 7.11 Å². The highest BCUT2D eigenvalue weighted by atomic mass is 19.4. The van der Waals surface area contributed by atoms with Crippen LogP contribution >= 0.6 is 0 Å². The van der Waals surface area contributed by atoms with Crippen LogP contribution in [-0.4, -0.2) is 12.1 Å². The molecule has 0 aliphatic rings. The average molecular weight is 496 g/mol. The molecule has 5 aromatic rings. The zero-order chi connectivity index (χ0) is 26.0. The summed E-state index contributed by atoms with van der Waals surface area (Å²) in [4.78, 5) is 5.06. The maximum atomic E-state index is 13.7. The number of benzene rings is 4. The first-order valence-electron chi connectivity index (χ1n) is 11.8. The van der Waals surface area contributed by atoms with Crippen molar-refractivity contribution in [2.24, 2.45) is 0 Å². The molecule has 2 nitrogen and oxygen atoms in total. The smallest absolute Gasteiger partial charge is 0.416 e. The Kier molecular flexibility index (Phi) is 6.53. The molecule has 1 heterocycles. The molecular formula is C32H24F3NO. The van der Waals surface area contributed by atoms with Gasteiger partial charge in [0.15, 0.2) is 0 Å². The number of aryl methyl sites for hydroxylation is 1. The molecule has 5 heteroatoms. The van der Waals surface area contributed by atoms with Crippen molar-refractivity contribution in [1.29, 1.82) is 0 Å². The number of rotatable bonds is 5. The van der Waals surface area contributed by atoms with Crippen LogP contribution < -0.4 is 4.74 Å². The fraction of sp³-hybridized carbons (Fsp3) is 0.0938. The van der Waals surface area contributed by atoms with Crippen molar-refractivity contribution in [2.45, 2.75) is 13.1 Å². The Hall–Kier alpha value is -4.38. The van der Waals surface area contributed by atoms with E-state index in [2.05, 4.69) is 0 Å². The topological polar surface area (TPSA) is 22.1 Å². The lowest BCUT2D eigenvalue weighted by atomic mass is 9.89. The number of nitrogens with zero attached hydrogens (tertiary/aromatic N) is 1. The summed E-state index contributed by atoms with van der Waals surface area (Å²) in [5.41, 5.74) is 6.28. The Bertz CT molecular complexity index is 1520. The number of alkyl halides is 3. The Labute approximate surface area is 214 Å². The average Bonchev–Trinajstić information content (AvgIpc) is 2.93. The quantitative estimate of drug-likeness (QED) is 0.243. The minimum Gasteiger partial charge on any atom is -0.497 e. The van der Waals surface area contributed by atoms with Crippen LogP contribution in [0, 0.1) is 6.92 Å². The first-order valence-corrected chi connectivity index (χ1v) is 11.8. The van der Waals surface area contributed by atoms with E-state index >= 15 is 0 Å². The minimum atomic E-state index is -4.45. The van der Waals surface area contributed by atoms with E-state index in [1.54, 1.807) is 13.2 Å². The SMILES string of the molecule is COc1ccc(-c2cc(-c3cccc(C(F)(F)F)c3)c(-c3ccc(C)cc3)c(-c3ccccc3)n2)cc1. The summed E-state index contributed by atoms with van der Waals surface area (Å²) in [5.74, 6) is 0.710. The maximum absolute atomic E-state index is 13.7. The molecule has 0 amide bonds. The monoisotopic (exact) mass is 495 g/mol. The van der Waals surface area contributed by atoms with Crippen LogP contribution in [0.15, 0.2) is 109 Å². The van der Waals surface area contributed by atoms with Crippen molar-refractivity contribution in [1.82, 2.24) is 4.98 Å². The van der Waals surface area contributed by atoms with E-state index in [1.165, 1.54) is 12.1 Å². The largest absolute Gasteiger partial charge is 0.497 e. The van der Waals surface area contributed by atoms with Crippen LogP contribution in [0.5, 0.6) is 5.75 Å². The number of pyridine rings is 1. The van der Waals surface area contributed by atoms with Gasteiger partial charge in [0.1, 0.15) is 5.75 Å². The van der Waals surface area contributed by atoms with Gasteiger partial charge >= 0.3 is 6.18 Å². The molecule has 0 aliphatic carbocycles. The third kappa shape index (κ3) is 5.12. The lowest BCUT2D eigenvalue weighted by Crippen LogP contribution is -2.05. The second-order valence-electron chi connectivity index (χ2n) is 8.82. The molecule has 4 aromatic carbocycles. The lowest BCUT2D eigenvalue weighted by Gasteiger charge is -2.19. The maximum Gasteiger partial charge on any atom is 0.416 e. The zero-order valence-corrected chi connectivity index (χ0v) is 20.4. The molecule has 0 saturated carbocycles. The van der Waals surface area contributed by atoms with Gasteiger partial charge in [-0.25, -0.2) is 4.98 Å². The summed E-state index contributed by atoms with van der Waals surface area (Å²) >= 11 is 0. The Morgan fingerprint density at radius 2 is 1.30 bits per heavy atom. The standard InChI is InChI=1S/C32H24F3NO/c1-21-11-13-23(14-12-21)30-28(25-9-6-10-26(19-25)32(33,34)35)20-29(22-15-17-27(37-2)18-16-22)36-31(30)24-7-4-3-5-8-24/h3-20H,1-2H3. The molecular weight excluding hydrogens is 471 g/mol. The Balaban J connectivity index is 1.85. The van der Waals surface area contributed by atoms with E-state index in [-0.39, 0.29) is 0 Å². The van der Waals surface area contributed by atoms with Gasteiger partial charge in [-0.05, 0) is 66.1 Å². The number of methoxy groups -OCH3 is 1. The first kappa shape index (κ1) is 24.3. The summed E-state index contributed by atoms with van der Waals surface area (Å²) in [5, 5.41) is 0. The first-order chi connectivity index (χ1) is 17.8. The van der Waals surface area contributed by atoms with Crippen LogP contribution in [0.2, 0.25) is 0 Å². The minimum absolute atomic E-state index is 0.472. The molecule has 0 N–H and O–H groups in total. The van der Waals surface area contributed by atoms with E-state index in [4.69, 9.17) is 9.72 Å². The number of halogens is 3. The molecule has 1 aromatic heterocycles. The molecule has 5 rings (SSSR count). The van der Waals surface area contributed by atoms with Gasteiger partial charge in [0, 0.05) is 16.7 Å². The van der Waals surface area contributed by atoms with E-state index in [9.17, 15) is 13.2 Å². The van der Waals surface area contributed by atoms with Gasteiger partial charge in [-0.3, -0.25) is 0 Å². The summed E-state index contributed by atoms with van der Waals surface area (Å²) < 4.78 is 46.4. The van der Waals surface area contributed by atoms with Gasteiger partial charge in [0.25, 0.3) is 0 Å². The van der Waals surface area contributed by atoms with Gasteiger partial charge in [0.2, 0.25) is 0 Å². The summed E-state index contributed by atoms with van der Waals surface area (Å²) in [6, 6.07) is 32.5. The van der Waals surface area contributed by atoms with Gasteiger partial charge in [-0.2, -0.15) is 13.2 Å². The van der Waals surface area contributed by atoms with E-state index in [1.807, 2.05) is 91.9 Å². The summed E-state index contributed by atoms with van der Waals surface area (Å²) in [6.45, 7) is 2.00. The number of hydrogen-bond donors (Lipinski definition) is 0. The molecule has 0 saturated heterocycles. The van der Waals surface area contributed by atoms with Crippen LogP contribution in [0.3, 0.4) is 0 Å². The van der Waals surface area contributed by atoms with Crippen LogP contribution in [0.1, 0.15) is 11.1 Å². The van der Waals surface area contributed by atoms with E-state index in [0.717, 1.165) is 33.9 Å². The molecule has 0 unspecified atom stereocenters. The van der Waals surface area contributed by atoms with Crippen LogP contribution in [0.4, 0.5) is 13.2 Å². The second kappa shape index (κ2) is 9.94. The highest BCUT2D eigenvalue weighted by Crippen LogP contribution is 2.42. The van der Waals surface area contributed by atoms with Crippen molar-refractivity contribution in [3.8, 4) is 50.5 Å². The molecule has 0 bridgehead atoms. The van der Waals surface area contributed by atoms with Crippen molar-refractivity contribution < 1.29 is 17.9 Å². The third-order valence-electron chi connectivity index (χ3n) is 6.29.